The molecule has 0 saturated heterocycles. The molecule has 6 nitrogen and oxygen atoms in total. The van der Waals surface area contributed by atoms with Crippen LogP contribution in [-0.4, -0.2) is 28.9 Å². The molecule has 0 fully saturated rings. The number of nitrogens with one attached hydrogen (secondary N) is 1. The summed E-state index contributed by atoms with van der Waals surface area (Å²) in [6.07, 6.45) is 0.841. The van der Waals surface area contributed by atoms with Gasteiger partial charge in [0.2, 0.25) is 11.8 Å². The van der Waals surface area contributed by atoms with E-state index < -0.39 is 23.8 Å². The fraction of sp³-hybridized carbons (Fsp3) is 0.375. The fourth-order valence-corrected chi connectivity index (χ4v) is 0.661. The van der Waals surface area contributed by atoms with Crippen LogP contribution in [0, 0.1) is 0 Å². The fourth-order valence-electron chi connectivity index (χ4n) is 0.661. The lowest BCUT2D eigenvalue weighted by Gasteiger charge is -2.04. The van der Waals surface area contributed by atoms with E-state index in [1.807, 2.05) is 5.32 Å². The van der Waals surface area contributed by atoms with Gasteiger partial charge in [0.1, 0.15) is 6.04 Å². The minimum Gasteiger partial charge on any atom is -0.480 e. The van der Waals surface area contributed by atoms with E-state index in [1.165, 1.54) is 0 Å². The molecule has 78 valence electrons. The van der Waals surface area contributed by atoms with Crippen molar-refractivity contribution < 1.29 is 19.5 Å². The Hall–Kier alpha value is -1.69. The average Bonchev–Trinajstić information content (AvgIpc) is 2.13. The van der Waals surface area contributed by atoms with Crippen molar-refractivity contribution in [3.05, 3.63) is 12.7 Å². The van der Waals surface area contributed by atoms with Gasteiger partial charge in [-0.3, -0.25) is 19.7 Å². The highest BCUT2D eigenvalue weighted by molar-refractivity contribution is 6.00. The Morgan fingerprint density at radius 1 is 1.50 bits per heavy atom. The number of rotatable bonds is 5. The first-order valence-corrected chi connectivity index (χ1v) is 3.92. The van der Waals surface area contributed by atoms with Crippen LogP contribution in [0.4, 0.5) is 0 Å². The molecule has 14 heavy (non-hydrogen) atoms. The lowest BCUT2D eigenvalue weighted by Crippen LogP contribution is -2.34. The van der Waals surface area contributed by atoms with Crippen molar-refractivity contribution in [3.63, 3.8) is 0 Å². The molecular formula is C8H12N2O4. The number of imide groups is 1. The first kappa shape index (κ1) is 12.3. The maximum atomic E-state index is 10.9. The molecule has 0 aliphatic heterocycles. The number of carboxylic acids is 1. The van der Waals surface area contributed by atoms with Gasteiger partial charge in [0.15, 0.2) is 0 Å². The van der Waals surface area contributed by atoms with E-state index in [-0.39, 0.29) is 12.8 Å². The van der Waals surface area contributed by atoms with Gasteiger partial charge >= 0.3 is 5.97 Å². The molecule has 0 spiro atoms. The molecule has 2 amide bonds. The maximum Gasteiger partial charge on any atom is 0.320 e. The highest BCUT2D eigenvalue weighted by Crippen LogP contribution is 1.94. The van der Waals surface area contributed by atoms with Crippen molar-refractivity contribution in [2.45, 2.75) is 18.9 Å². The Morgan fingerprint density at radius 2 is 2.07 bits per heavy atom. The topological polar surface area (TPSA) is 109 Å². The Labute approximate surface area is 80.8 Å². The Bertz CT molecular complexity index is 262. The first-order valence-electron chi connectivity index (χ1n) is 3.92. The molecule has 4 N–H and O–H groups in total. The molecule has 0 aromatic carbocycles. The summed E-state index contributed by atoms with van der Waals surface area (Å²) in [4.78, 5) is 31.8. The lowest BCUT2D eigenvalue weighted by atomic mass is 10.1. The molecule has 0 aromatic rings. The first-order chi connectivity index (χ1) is 6.47. The normalized spacial score (nSPS) is 11.5. The van der Waals surface area contributed by atoms with E-state index in [2.05, 4.69) is 6.58 Å². The van der Waals surface area contributed by atoms with Crippen molar-refractivity contribution in [1.82, 2.24) is 5.32 Å². The van der Waals surface area contributed by atoms with Crippen LogP contribution in [0.2, 0.25) is 0 Å². The summed E-state index contributed by atoms with van der Waals surface area (Å²) in [5.74, 6) is -2.35. The van der Waals surface area contributed by atoms with Crippen LogP contribution in [0.3, 0.4) is 0 Å². The summed E-state index contributed by atoms with van der Waals surface area (Å²) >= 11 is 0. The molecule has 6 heteroatoms. The standard InChI is InChI=1S/C8H12N2O4/c1-2-6(11)10-7(12)4-3-5(9)8(13)14/h2,5H,1,3-4,9H2,(H,13,14)(H,10,11,12). The zero-order valence-electron chi connectivity index (χ0n) is 7.53. The van der Waals surface area contributed by atoms with Crippen molar-refractivity contribution in [3.8, 4) is 0 Å². The summed E-state index contributed by atoms with van der Waals surface area (Å²) in [6, 6.07) is -1.08. The van der Waals surface area contributed by atoms with Crippen molar-refractivity contribution in [2.75, 3.05) is 0 Å². The SMILES string of the molecule is C=CC(=O)NC(=O)CCC(N)C(=O)O. The number of hydrogen-bond acceptors (Lipinski definition) is 4. The summed E-state index contributed by atoms with van der Waals surface area (Å²) < 4.78 is 0. The molecule has 0 bridgehead atoms. The zero-order valence-corrected chi connectivity index (χ0v) is 7.53. The quantitative estimate of drug-likeness (QED) is 0.493. The molecule has 0 heterocycles. The van der Waals surface area contributed by atoms with Gasteiger partial charge in [0.05, 0.1) is 0 Å². The number of carboxylic acid groups (broad SMARTS) is 1. The predicted octanol–water partition coefficient (Wildman–Crippen LogP) is -0.993. The summed E-state index contributed by atoms with van der Waals surface area (Å²) in [5.41, 5.74) is 5.14. The summed E-state index contributed by atoms with van der Waals surface area (Å²) in [7, 11) is 0. The van der Waals surface area contributed by atoms with Gasteiger partial charge in [-0.1, -0.05) is 6.58 Å². The van der Waals surface area contributed by atoms with Crippen LogP contribution in [0.25, 0.3) is 0 Å². The minimum atomic E-state index is -1.17. The number of aliphatic carboxylic acids is 1. The second-order valence-electron chi connectivity index (χ2n) is 2.60. The van der Waals surface area contributed by atoms with E-state index >= 15 is 0 Å². The Morgan fingerprint density at radius 3 is 2.50 bits per heavy atom. The van der Waals surface area contributed by atoms with Crippen molar-refractivity contribution in [1.29, 1.82) is 0 Å². The minimum absolute atomic E-state index is 0.00834. The van der Waals surface area contributed by atoms with Gasteiger partial charge in [0.25, 0.3) is 0 Å². The number of carbonyl (C=O) groups is 3. The van der Waals surface area contributed by atoms with E-state index in [0.29, 0.717) is 0 Å². The molecule has 1 unspecified atom stereocenters. The van der Waals surface area contributed by atoms with Gasteiger partial charge in [-0.05, 0) is 12.5 Å². The molecule has 0 aliphatic rings. The highest BCUT2D eigenvalue weighted by atomic mass is 16.4. The van der Waals surface area contributed by atoms with Gasteiger partial charge in [-0.25, -0.2) is 0 Å². The molecule has 0 radical (unpaired) electrons. The molecular weight excluding hydrogens is 188 g/mol. The van der Waals surface area contributed by atoms with Crippen LogP contribution in [-0.2, 0) is 14.4 Å². The number of nitrogens with two attached hydrogens (primary N) is 1. The summed E-state index contributed by atoms with van der Waals surface area (Å²) in [5, 5.41) is 10.4. The van der Waals surface area contributed by atoms with Gasteiger partial charge in [0, 0.05) is 6.42 Å². The number of amides is 2. The molecule has 0 rings (SSSR count). The molecule has 1 atom stereocenters. The van der Waals surface area contributed by atoms with Crippen molar-refractivity contribution in [2.24, 2.45) is 5.73 Å². The third-order valence-corrected chi connectivity index (χ3v) is 1.45. The van der Waals surface area contributed by atoms with Gasteiger partial charge in [-0.2, -0.15) is 0 Å². The zero-order chi connectivity index (χ0) is 11.1. The monoisotopic (exact) mass is 200 g/mol. The number of carbonyl (C=O) groups excluding carboxylic acids is 2. The molecule has 0 saturated carbocycles. The predicted molar refractivity (Wildman–Crippen MR) is 48.2 cm³/mol. The van der Waals surface area contributed by atoms with Crippen LogP contribution in [0.1, 0.15) is 12.8 Å². The third kappa shape index (κ3) is 5.04. The Kier molecular flexibility index (Phi) is 5.16. The molecule has 0 aromatic heterocycles. The van der Waals surface area contributed by atoms with Crippen LogP contribution in [0.5, 0.6) is 0 Å². The van der Waals surface area contributed by atoms with Gasteiger partial charge in [-0.15, -0.1) is 0 Å². The smallest absolute Gasteiger partial charge is 0.320 e. The Balaban J connectivity index is 3.80. The van der Waals surface area contributed by atoms with Crippen molar-refractivity contribution >= 4 is 17.8 Å². The second kappa shape index (κ2) is 5.87. The van der Waals surface area contributed by atoms with Crippen LogP contribution >= 0.6 is 0 Å². The lowest BCUT2D eigenvalue weighted by molar-refractivity contribution is -0.138. The van der Waals surface area contributed by atoms with Crippen LogP contribution < -0.4 is 11.1 Å². The van der Waals surface area contributed by atoms with E-state index in [9.17, 15) is 14.4 Å². The second-order valence-corrected chi connectivity index (χ2v) is 2.60. The average molecular weight is 200 g/mol. The largest absolute Gasteiger partial charge is 0.480 e. The number of hydrogen-bond donors (Lipinski definition) is 3. The highest BCUT2D eigenvalue weighted by Gasteiger charge is 2.13. The van der Waals surface area contributed by atoms with E-state index in [4.69, 9.17) is 10.8 Å². The van der Waals surface area contributed by atoms with Crippen LogP contribution in [0.15, 0.2) is 12.7 Å². The van der Waals surface area contributed by atoms with E-state index in [1.54, 1.807) is 0 Å². The summed E-state index contributed by atoms with van der Waals surface area (Å²) in [6.45, 7) is 3.15. The maximum absolute atomic E-state index is 10.9. The van der Waals surface area contributed by atoms with E-state index in [0.717, 1.165) is 6.08 Å². The molecule has 0 aliphatic carbocycles. The third-order valence-electron chi connectivity index (χ3n) is 1.45. The van der Waals surface area contributed by atoms with Gasteiger partial charge < -0.3 is 10.8 Å².